The van der Waals surface area contributed by atoms with E-state index in [2.05, 4.69) is 6.92 Å². The minimum absolute atomic E-state index is 0.0934. The molecule has 16 atom stereocenters. The number of carbonyl (C=O) groups is 2. The van der Waals surface area contributed by atoms with Gasteiger partial charge in [-0.05, 0) is 101 Å². The molecule has 1 spiro atoms. The lowest BCUT2D eigenvalue weighted by Crippen LogP contribution is -2.55. The minimum atomic E-state index is -0.705. The van der Waals surface area contributed by atoms with Gasteiger partial charge in [-0.3, -0.25) is 9.59 Å². The Hall–Kier alpha value is -1.40. The number of rotatable bonds is 6. The number of ketones is 1. The van der Waals surface area contributed by atoms with E-state index in [-0.39, 0.29) is 71.9 Å². The van der Waals surface area contributed by atoms with E-state index in [0.29, 0.717) is 24.7 Å². The molecule has 3 saturated heterocycles. The molecule has 0 amide bonds. The normalized spacial score (nSPS) is 52.7. The molecule has 0 aromatic rings. The molecule has 252 valence electrons. The average Bonchev–Trinajstić information content (AvgIpc) is 3.46. The molecule has 3 aliphatic heterocycles. The van der Waals surface area contributed by atoms with Crippen LogP contribution in [-0.4, -0.2) is 92.5 Å². The molecule has 7 aliphatic rings. The molecule has 0 aromatic heterocycles. The molecule has 10 nitrogen and oxygen atoms in total. The van der Waals surface area contributed by atoms with E-state index >= 15 is 0 Å². The van der Waals surface area contributed by atoms with Crippen molar-refractivity contribution < 1.29 is 47.9 Å². The van der Waals surface area contributed by atoms with Gasteiger partial charge in [0, 0.05) is 27.1 Å². The van der Waals surface area contributed by atoms with Gasteiger partial charge in [0.1, 0.15) is 23.7 Å². The Balaban J connectivity index is 0.974. The summed E-state index contributed by atoms with van der Waals surface area (Å²) in [6, 6.07) is 0. The molecule has 1 N–H and O–H groups in total. The molecule has 0 aromatic carbocycles. The van der Waals surface area contributed by atoms with Crippen LogP contribution in [-0.2, 0) is 42.7 Å². The molecule has 3 saturated carbocycles. The lowest BCUT2D eigenvalue weighted by atomic mass is 9.45. The van der Waals surface area contributed by atoms with Crippen LogP contribution in [0.4, 0.5) is 0 Å². The number of hydrogen-bond acceptors (Lipinski definition) is 10. The third-order valence-corrected chi connectivity index (χ3v) is 13.2. The van der Waals surface area contributed by atoms with Crippen molar-refractivity contribution in [3.05, 3.63) is 11.6 Å². The van der Waals surface area contributed by atoms with Crippen molar-refractivity contribution in [2.75, 3.05) is 14.2 Å². The summed E-state index contributed by atoms with van der Waals surface area (Å²) in [5.41, 5.74) is 0.541. The zero-order chi connectivity index (χ0) is 31.8. The number of aliphatic hydroxyl groups excluding tert-OH is 1. The second kappa shape index (κ2) is 11.9. The van der Waals surface area contributed by atoms with Crippen LogP contribution in [0.2, 0.25) is 0 Å². The summed E-state index contributed by atoms with van der Waals surface area (Å²) >= 11 is 0. The third-order valence-electron chi connectivity index (χ3n) is 13.2. The molecule has 0 unspecified atom stereocenters. The van der Waals surface area contributed by atoms with Crippen molar-refractivity contribution in [2.45, 2.75) is 147 Å². The minimum Gasteiger partial charge on any atom is -0.461 e. The lowest BCUT2D eigenvalue weighted by molar-refractivity contribution is -0.321. The fraction of sp³-hybridized carbons (Fsp3) is 0.886. The van der Waals surface area contributed by atoms with Gasteiger partial charge in [0.25, 0.3) is 0 Å². The Morgan fingerprint density at radius 1 is 0.844 bits per heavy atom. The summed E-state index contributed by atoms with van der Waals surface area (Å²) in [4.78, 5) is 26.3. The van der Waals surface area contributed by atoms with E-state index in [1.54, 1.807) is 14.2 Å². The Bertz CT molecular complexity index is 1190. The molecule has 10 heteroatoms. The van der Waals surface area contributed by atoms with Gasteiger partial charge in [-0.1, -0.05) is 6.92 Å². The zero-order valence-corrected chi connectivity index (χ0v) is 27.6. The monoisotopic (exact) mass is 632 g/mol. The standard InChI is InChI=1S/C35H52O10/c1-17-30-25(36)14-24-22-8-7-20-13-21(9-11-34(20,4)23(22)10-12-35(24,30)33(38)43-17)44-28-16-27(40-6)32(19(3)42-28)45-29-15-26(39-5)31(37)18(2)41-29/h14,17-23,26-32,37H,7-13,15-16H2,1-6H3/t17-,18-,19-,20+,21+,22-,23+,26-,27+,28+,29+,30+,31-,32-,34+,35-/m1/s1. The Morgan fingerprint density at radius 3 is 2.31 bits per heavy atom. The number of ether oxygens (including phenoxy) is 7. The van der Waals surface area contributed by atoms with Crippen molar-refractivity contribution in [3.63, 3.8) is 0 Å². The fourth-order valence-corrected chi connectivity index (χ4v) is 10.9. The first-order valence-corrected chi connectivity index (χ1v) is 17.3. The maximum absolute atomic E-state index is 13.2. The highest BCUT2D eigenvalue weighted by molar-refractivity contribution is 6.05. The van der Waals surface area contributed by atoms with Crippen molar-refractivity contribution >= 4 is 11.8 Å². The Morgan fingerprint density at radius 2 is 1.56 bits per heavy atom. The highest BCUT2D eigenvalue weighted by atomic mass is 16.7. The summed E-state index contributed by atoms with van der Waals surface area (Å²) in [6.45, 7) is 8.15. The molecule has 0 radical (unpaired) electrons. The molecular weight excluding hydrogens is 580 g/mol. The second-order valence-corrected chi connectivity index (χ2v) is 15.3. The van der Waals surface area contributed by atoms with Gasteiger partial charge >= 0.3 is 5.97 Å². The number of esters is 1. The van der Waals surface area contributed by atoms with Gasteiger partial charge in [-0.2, -0.15) is 0 Å². The second-order valence-electron chi connectivity index (χ2n) is 15.3. The van der Waals surface area contributed by atoms with Crippen molar-refractivity contribution in [2.24, 2.45) is 34.5 Å². The van der Waals surface area contributed by atoms with Gasteiger partial charge in [0.05, 0.1) is 36.4 Å². The van der Waals surface area contributed by atoms with Gasteiger partial charge in [-0.15, -0.1) is 0 Å². The summed E-state index contributed by atoms with van der Waals surface area (Å²) < 4.78 is 42.4. The van der Waals surface area contributed by atoms with Crippen molar-refractivity contribution in [1.82, 2.24) is 0 Å². The molecule has 3 heterocycles. The SMILES string of the molecule is CO[C@H]1C[C@H](O[C@H]2CC[C@@]3(C)[C@@H](CC[C@H]4C5=CC(=O)[C@@H]6[C@@H](C)OC(=O)[C@]56CC[C@@H]43)C2)O[C@H](C)[C@H]1O[C@H]1C[C@@H](OC)[C@H](O)[C@@H](C)O1. The number of methoxy groups -OCH3 is 2. The molecule has 6 fully saturated rings. The lowest BCUT2D eigenvalue weighted by Gasteiger charge is -2.59. The number of hydrogen-bond donors (Lipinski definition) is 1. The predicted molar refractivity (Wildman–Crippen MR) is 161 cm³/mol. The maximum atomic E-state index is 13.2. The van der Waals surface area contributed by atoms with E-state index in [9.17, 15) is 14.7 Å². The van der Waals surface area contributed by atoms with E-state index in [0.717, 1.165) is 50.5 Å². The molecule has 4 aliphatic carbocycles. The number of aliphatic hydroxyl groups is 1. The molecular formula is C35H52O10. The molecule has 45 heavy (non-hydrogen) atoms. The first-order chi connectivity index (χ1) is 21.5. The molecule has 7 rings (SSSR count). The summed E-state index contributed by atoms with van der Waals surface area (Å²) in [7, 11) is 3.29. The highest BCUT2D eigenvalue weighted by Crippen LogP contribution is 2.67. The Labute approximate surface area is 266 Å². The van der Waals surface area contributed by atoms with Gasteiger partial charge in [0.2, 0.25) is 0 Å². The van der Waals surface area contributed by atoms with Crippen LogP contribution >= 0.6 is 0 Å². The van der Waals surface area contributed by atoms with Crippen LogP contribution in [0.5, 0.6) is 0 Å². The van der Waals surface area contributed by atoms with E-state index in [1.165, 1.54) is 0 Å². The first kappa shape index (κ1) is 32.2. The number of carbonyl (C=O) groups excluding carboxylic acids is 2. The van der Waals surface area contributed by atoms with Crippen molar-refractivity contribution in [3.8, 4) is 0 Å². The van der Waals surface area contributed by atoms with Crippen LogP contribution in [0.3, 0.4) is 0 Å². The fourth-order valence-electron chi connectivity index (χ4n) is 10.9. The van der Waals surface area contributed by atoms with Gasteiger partial charge in [0.15, 0.2) is 18.4 Å². The van der Waals surface area contributed by atoms with E-state index < -0.39 is 23.9 Å². The summed E-state index contributed by atoms with van der Waals surface area (Å²) in [5.74, 6) is 0.875. The van der Waals surface area contributed by atoms with Crippen LogP contribution in [0.1, 0.15) is 85.5 Å². The first-order valence-electron chi connectivity index (χ1n) is 17.3. The summed E-state index contributed by atoms with van der Waals surface area (Å²) in [5, 5.41) is 10.3. The van der Waals surface area contributed by atoms with Gasteiger partial charge < -0.3 is 38.3 Å². The average molecular weight is 633 g/mol. The third kappa shape index (κ3) is 5.08. The number of cyclic esters (lactones) is 1. The maximum Gasteiger partial charge on any atom is 0.317 e. The van der Waals surface area contributed by atoms with Crippen LogP contribution in [0.15, 0.2) is 11.6 Å². The van der Waals surface area contributed by atoms with Crippen LogP contribution in [0, 0.1) is 34.5 Å². The number of fused-ring (bicyclic) bond motifs is 4. The number of allylic oxidation sites excluding steroid dienone is 1. The van der Waals surface area contributed by atoms with Crippen LogP contribution in [0.25, 0.3) is 0 Å². The summed E-state index contributed by atoms with van der Waals surface area (Å²) in [6.07, 6.45) is 6.25. The van der Waals surface area contributed by atoms with Crippen LogP contribution < -0.4 is 0 Å². The van der Waals surface area contributed by atoms with E-state index in [1.807, 2.05) is 26.8 Å². The Kier molecular flexibility index (Phi) is 8.53. The largest absolute Gasteiger partial charge is 0.461 e. The topological polar surface area (TPSA) is 119 Å². The highest BCUT2D eigenvalue weighted by Gasteiger charge is 2.68. The smallest absolute Gasteiger partial charge is 0.317 e. The predicted octanol–water partition coefficient (Wildman–Crippen LogP) is 4.10. The van der Waals surface area contributed by atoms with Gasteiger partial charge in [-0.25, -0.2) is 0 Å². The van der Waals surface area contributed by atoms with E-state index in [4.69, 9.17) is 33.2 Å². The quantitative estimate of drug-likeness (QED) is 0.339. The molecule has 0 bridgehead atoms. The zero-order valence-electron chi connectivity index (χ0n) is 27.6. The van der Waals surface area contributed by atoms with Crippen molar-refractivity contribution in [1.29, 1.82) is 0 Å².